The van der Waals surface area contributed by atoms with Gasteiger partial charge in [0, 0.05) is 10.9 Å². The van der Waals surface area contributed by atoms with Crippen molar-refractivity contribution >= 4 is 45.0 Å². The van der Waals surface area contributed by atoms with E-state index in [1.165, 1.54) is 22.5 Å². The molecule has 6 nitrogen and oxygen atoms in total. The highest BCUT2D eigenvalue weighted by Gasteiger charge is 2.49. The van der Waals surface area contributed by atoms with Gasteiger partial charge in [0.25, 0.3) is 0 Å². The Morgan fingerprint density at radius 2 is 1.76 bits per heavy atom. The van der Waals surface area contributed by atoms with Crippen LogP contribution in [-0.4, -0.2) is 40.7 Å². The van der Waals surface area contributed by atoms with Crippen LogP contribution in [0.5, 0.6) is 0 Å². The SMILES string of the molecule is CC(C)CC1C(=O)NC(C2Cc3ccccc3C2)C(=O)N1C(C(=O)NC(C)C)c1ccc(Br)s1. The Labute approximate surface area is 213 Å². The summed E-state index contributed by atoms with van der Waals surface area (Å²) in [5.41, 5.74) is 2.45. The van der Waals surface area contributed by atoms with Crippen LogP contribution in [0.3, 0.4) is 0 Å². The standard InChI is InChI=1S/C26H32BrN3O3S/c1-14(2)11-19-24(31)29-22(18-12-16-7-5-6-8-17(16)13-18)26(33)30(19)23(25(32)28-15(3)4)20-9-10-21(27)34-20/h5-10,14-15,18-19,22-23H,11-13H2,1-4H3,(H,28,32)(H,29,31). The normalized spacial score (nSPS) is 21.7. The molecule has 0 saturated carbocycles. The summed E-state index contributed by atoms with van der Waals surface area (Å²) < 4.78 is 0.877. The zero-order valence-electron chi connectivity index (χ0n) is 20.0. The van der Waals surface area contributed by atoms with Crippen LogP contribution < -0.4 is 10.6 Å². The first-order valence-electron chi connectivity index (χ1n) is 11.9. The summed E-state index contributed by atoms with van der Waals surface area (Å²) in [6.07, 6.45) is 1.97. The molecule has 2 aliphatic rings. The first-order valence-corrected chi connectivity index (χ1v) is 13.5. The third-order valence-corrected chi connectivity index (χ3v) is 8.20. The van der Waals surface area contributed by atoms with E-state index in [1.54, 1.807) is 4.90 Å². The van der Waals surface area contributed by atoms with Gasteiger partial charge in [-0.25, -0.2) is 0 Å². The summed E-state index contributed by atoms with van der Waals surface area (Å²) in [5.74, 6) is -0.444. The lowest BCUT2D eigenvalue weighted by molar-refractivity contribution is -0.157. The lowest BCUT2D eigenvalue weighted by Gasteiger charge is -2.44. The highest BCUT2D eigenvalue weighted by Crippen LogP contribution is 2.38. The summed E-state index contributed by atoms with van der Waals surface area (Å²) in [7, 11) is 0. The van der Waals surface area contributed by atoms with E-state index in [-0.39, 0.29) is 35.6 Å². The number of hydrogen-bond donors (Lipinski definition) is 2. The maximum Gasteiger partial charge on any atom is 0.248 e. The average molecular weight is 547 g/mol. The van der Waals surface area contributed by atoms with Gasteiger partial charge in [-0.2, -0.15) is 0 Å². The van der Waals surface area contributed by atoms with Crippen molar-refractivity contribution in [3.05, 3.63) is 56.2 Å². The van der Waals surface area contributed by atoms with Gasteiger partial charge in [0.15, 0.2) is 0 Å². The Morgan fingerprint density at radius 3 is 2.29 bits per heavy atom. The zero-order valence-corrected chi connectivity index (χ0v) is 22.4. The van der Waals surface area contributed by atoms with E-state index in [1.807, 2.05) is 52.0 Å². The van der Waals surface area contributed by atoms with Crippen LogP contribution in [0.15, 0.2) is 40.2 Å². The predicted octanol–water partition coefficient (Wildman–Crippen LogP) is 4.23. The fourth-order valence-electron chi connectivity index (χ4n) is 5.11. The second-order valence-electron chi connectivity index (χ2n) is 10.0. The minimum absolute atomic E-state index is 0.0276. The first kappa shape index (κ1) is 24.9. The van der Waals surface area contributed by atoms with Crippen molar-refractivity contribution in [3.8, 4) is 0 Å². The maximum absolute atomic E-state index is 14.1. The molecule has 0 spiro atoms. The Balaban J connectivity index is 1.73. The van der Waals surface area contributed by atoms with Crippen LogP contribution >= 0.6 is 27.3 Å². The van der Waals surface area contributed by atoms with Gasteiger partial charge < -0.3 is 15.5 Å². The molecule has 1 aliphatic carbocycles. The lowest BCUT2D eigenvalue weighted by Crippen LogP contribution is -2.67. The molecular formula is C26H32BrN3O3S. The Kier molecular flexibility index (Phi) is 7.48. The van der Waals surface area contributed by atoms with Crippen molar-refractivity contribution in [2.45, 2.75) is 71.1 Å². The second kappa shape index (κ2) is 10.2. The molecule has 2 aromatic rings. The van der Waals surface area contributed by atoms with E-state index >= 15 is 0 Å². The topological polar surface area (TPSA) is 78.5 Å². The molecule has 2 N–H and O–H groups in total. The molecule has 34 heavy (non-hydrogen) atoms. The summed E-state index contributed by atoms with van der Waals surface area (Å²) in [5, 5.41) is 6.03. The number of rotatable bonds is 7. The Hall–Kier alpha value is -2.19. The molecule has 1 fully saturated rings. The number of nitrogens with zero attached hydrogens (tertiary/aromatic N) is 1. The molecule has 1 aliphatic heterocycles. The van der Waals surface area contributed by atoms with E-state index in [4.69, 9.17) is 0 Å². The van der Waals surface area contributed by atoms with E-state index in [2.05, 4.69) is 38.7 Å². The van der Waals surface area contributed by atoms with E-state index in [9.17, 15) is 14.4 Å². The van der Waals surface area contributed by atoms with Crippen molar-refractivity contribution < 1.29 is 14.4 Å². The fourth-order valence-corrected chi connectivity index (χ4v) is 6.63. The number of piperazine rings is 1. The van der Waals surface area contributed by atoms with Gasteiger partial charge in [-0.1, -0.05) is 38.1 Å². The molecular weight excluding hydrogens is 514 g/mol. The molecule has 182 valence electrons. The second-order valence-corrected chi connectivity index (χ2v) is 12.5. The summed E-state index contributed by atoms with van der Waals surface area (Å²) in [6.45, 7) is 7.85. The largest absolute Gasteiger partial charge is 0.352 e. The molecule has 4 rings (SSSR count). The number of halogens is 1. The van der Waals surface area contributed by atoms with Gasteiger partial charge >= 0.3 is 0 Å². The molecule has 1 aromatic heterocycles. The molecule has 8 heteroatoms. The van der Waals surface area contributed by atoms with Gasteiger partial charge in [-0.3, -0.25) is 14.4 Å². The third-order valence-electron chi connectivity index (χ3n) is 6.53. The van der Waals surface area contributed by atoms with Crippen LogP contribution in [0.1, 0.15) is 56.2 Å². The zero-order chi connectivity index (χ0) is 24.6. The van der Waals surface area contributed by atoms with Crippen molar-refractivity contribution in [1.82, 2.24) is 15.5 Å². The van der Waals surface area contributed by atoms with Crippen molar-refractivity contribution in [2.75, 3.05) is 0 Å². The highest BCUT2D eigenvalue weighted by atomic mass is 79.9. The summed E-state index contributed by atoms with van der Waals surface area (Å²) in [4.78, 5) is 43.4. The Morgan fingerprint density at radius 1 is 1.12 bits per heavy atom. The van der Waals surface area contributed by atoms with Crippen molar-refractivity contribution in [2.24, 2.45) is 11.8 Å². The van der Waals surface area contributed by atoms with Crippen molar-refractivity contribution in [1.29, 1.82) is 0 Å². The number of amides is 3. The third kappa shape index (κ3) is 5.08. The van der Waals surface area contributed by atoms with Crippen LogP contribution in [0.2, 0.25) is 0 Å². The summed E-state index contributed by atoms with van der Waals surface area (Å²) in [6, 6.07) is 9.65. The Bertz CT molecular complexity index is 1060. The molecule has 1 aromatic carbocycles. The van der Waals surface area contributed by atoms with Gasteiger partial charge in [-0.15, -0.1) is 11.3 Å². The van der Waals surface area contributed by atoms with Crippen LogP contribution in [0, 0.1) is 11.8 Å². The summed E-state index contributed by atoms with van der Waals surface area (Å²) >= 11 is 4.92. The maximum atomic E-state index is 14.1. The highest BCUT2D eigenvalue weighted by molar-refractivity contribution is 9.11. The smallest absolute Gasteiger partial charge is 0.248 e. The predicted molar refractivity (Wildman–Crippen MR) is 137 cm³/mol. The average Bonchev–Trinajstić information content (AvgIpc) is 3.38. The van der Waals surface area contributed by atoms with Crippen LogP contribution in [0.25, 0.3) is 0 Å². The molecule has 0 radical (unpaired) electrons. The first-order chi connectivity index (χ1) is 16.2. The quantitative estimate of drug-likeness (QED) is 0.546. The molecule has 3 amide bonds. The van der Waals surface area contributed by atoms with E-state index in [0.29, 0.717) is 6.42 Å². The number of thiophene rings is 1. The van der Waals surface area contributed by atoms with E-state index < -0.39 is 18.1 Å². The minimum Gasteiger partial charge on any atom is -0.352 e. The van der Waals surface area contributed by atoms with Gasteiger partial charge in [0.2, 0.25) is 17.7 Å². The van der Waals surface area contributed by atoms with Crippen molar-refractivity contribution in [3.63, 3.8) is 0 Å². The van der Waals surface area contributed by atoms with E-state index in [0.717, 1.165) is 21.5 Å². The molecule has 1 saturated heterocycles. The number of nitrogens with one attached hydrogen (secondary N) is 2. The monoisotopic (exact) mass is 545 g/mol. The number of fused-ring (bicyclic) bond motifs is 1. The number of carbonyl (C=O) groups is 3. The molecule has 3 unspecified atom stereocenters. The minimum atomic E-state index is -0.854. The van der Waals surface area contributed by atoms with Gasteiger partial charge in [-0.05, 0) is 84.1 Å². The number of benzene rings is 1. The molecule has 3 atom stereocenters. The lowest BCUT2D eigenvalue weighted by atomic mass is 9.88. The number of carbonyl (C=O) groups excluding carboxylic acids is 3. The fraction of sp³-hybridized carbons (Fsp3) is 0.500. The van der Waals surface area contributed by atoms with Gasteiger partial charge in [0.1, 0.15) is 18.1 Å². The van der Waals surface area contributed by atoms with Crippen LogP contribution in [-0.2, 0) is 27.2 Å². The van der Waals surface area contributed by atoms with Crippen LogP contribution in [0.4, 0.5) is 0 Å². The van der Waals surface area contributed by atoms with Gasteiger partial charge in [0.05, 0.1) is 3.79 Å². The molecule has 2 heterocycles. The molecule has 0 bridgehead atoms. The number of hydrogen-bond acceptors (Lipinski definition) is 4.